The van der Waals surface area contributed by atoms with Gasteiger partial charge in [-0.3, -0.25) is 0 Å². The van der Waals surface area contributed by atoms with Crippen LogP contribution in [0.3, 0.4) is 0 Å². The number of benzene rings is 6. The Morgan fingerprint density at radius 3 is 1.27 bits per heavy atom. The van der Waals surface area contributed by atoms with Crippen LogP contribution in [0.5, 0.6) is 0 Å². The summed E-state index contributed by atoms with van der Waals surface area (Å²) < 4.78 is 0. The summed E-state index contributed by atoms with van der Waals surface area (Å²) in [5, 5.41) is 0.741. The summed E-state index contributed by atoms with van der Waals surface area (Å²) in [5.41, 5.74) is 11.9. The molecule has 0 heterocycles. The second kappa shape index (κ2) is 10.3. The third-order valence-electron chi connectivity index (χ3n) is 6.72. The van der Waals surface area contributed by atoms with E-state index in [4.69, 9.17) is 11.6 Å². The van der Waals surface area contributed by atoms with Gasteiger partial charge in [-0.25, -0.2) is 0 Å². The van der Waals surface area contributed by atoms with E-state index >= 15 is 0 Å². The second-order valence-corrected chi connectivity index (χ2v) is 9.57. The van der Waals surface area contributed by atoms with Crippen molar-refractivity contribution in [2.45, 2.75) is 0 Å². The van der Waals surface area contributed by atoms with Crippen molar-refractivity contribution in [3.8, 4) is 55.6 Å². The molecule has 1 heteroatoms. The van der Waals surface area contributed by atoms with Gasteiger partial charge in [-0.15, -0.1) is 0 Å². The normalized spacial score (nSPS) is 10.8. The minimum Gasteiger partial charge on any atom is -0.0843 e. The molecular formula is C36H25Cl. The highest BCUT2D eigenvalue weighted by atomic mass is 35.5. The van der Waals surface area contributed by atoms with E-state index in [9.17, 15) is 0 Å². The quantitative estimate of drug-likeness (QED) is 0.224. The molecule has 0 atom stereocenters. The molecule has 0 N–H and O–H groups in total. The maximum absolute atomic E-state index is 6.34. The third kappa shape index (κ3) is 4.85. The summed E-state index contributed by atoms with van der Waals surface area (Å²) in [6, 6.07) is 53.5. The average molecular weight is 493 g/mol. The molecule has 0 aliphatic carbocycles. The lowest BCUT2D eigenvalue weighted by Gasteiger charge is -2.19. The molecule has 0 aromatic heterocycles. The Bertz CT molecular complexity index is 1590. The van der Waals surface area contributed by atoms with Gasteiger partial charge in [0.2, 0.25) is 0 Å². The zero-order chi connectivity index (χ0) is 25.0. The molecule has 6 rings (SSSR count). The van der Waals surface area contributed by atoms with E-state index in [1.807, 2.05) is 18.2 Å². The molecule has 0 aliphatic rings. The summed E-state index contributed by atoms with van der Waals surface area (Å²) in [6.45, 7) is 0. The van der Waals surface area contributed by atoms with Crippen LogP contribution in [0.25, 0.3) is 55.6 Å². The molecule has 0 aliphatic heterocycles. The predicted molar refractivity (Wildman–Crippen MR) is 159 cm³/mol. The van der Waals surface area contributed by atoms with Crippen LogP contribution in [0.4, 0.5) is 0 Å². The zero-order valence-electron chi connectivity index (χ0n) is 20.3. The summed E-state index contributed by atoms with van der Waals surface area (Å²) >= 11 is 6.34. The molecule has 0 amide bonds. The average Bonchev–Trinajstić information content (AvgIpc) is 2.98. The standard InChI is InChI=1S/C36H25Cl/c37-33-21-11-19-30(23-33)29-18-10-20-31(22-29)36-34(27-14-6-2-7-15-27)24-32(26-12-4-1-5-13-26)25-35(36)28-16-8-3-9-17-28/h1-25H. The number of rotatable bonds is 5. The summed E-state index contributed by atoms with van der Waals surface area (Å²) in [7, 11) is 0. The fourth-order valence-corrected chi connectivity index (χ4v) is 5.15. The Morgan fingerprint density at radius 1 is 0.297 bits per heavy atom. The van der Waals surface area contributed by atoms with Crippen LogP contribution in [0, 0.1) is 0 Å². The molecule has 37 heavy (non-hydrogen) atoms. The van der Waals surface area contributed by atoms with E-state index in [2.05, 4.69) is 133 Å². The summed E-state index contributed by atoms with van der Waals surface area (Å²) in [6.07, 6.45) is 0. The lowest BCUT2D eigenvalue weighted by molar-refractivity contribution is 1.54. The smallest absolute Gasteiger partial charge is 0.0412 e. The minimum absolute atomic E-state index is 0.741. The maximum Gasteiger partial charge on any atom is 0.0412 e. The van der Waals surface area contributed by atoms with Crippen LogP contribution in [0.15, 0.2) is 152 Å². The molecule has 0 saturated heterocycles. The van der Waals surface area contributed by atoms with E-state index in [0.29, 0.717) is 0 Å². The first kappa shape index (κ1) is 23.0. The van der Waals surface area contributed by atoms with Gasteiger partial charge in [-0.1, -0.05) is 133 Å². The Balaban J connectivity index is 1.66. The molecular weight excluding hydrogens is 468 g/mol. The van der Waals surface area contributed by atoms with E-state index in [-0.39, 0.29) is 0 Å². The number of hydrogen-bond donors (Lipinski definition) is 0. The van der Waals surface area contributed by atoms with Crippen LogP contribution in [-0.4, -0.2) is 0 Å². The highest BCUT2D eigenvalue weighted by Crippen LogP contribution is 2.44. The van der Waals surface area contributed by atoms with E-state index < -0.39 is 0 Å². The number of hydrogen-bond acceptors (Lipinski definition) is 0. The van der Waals surface area contributed by atoms with Gasteiger partial charge in [0.1, 0.15) is 0 Å². The van der Waals surface area contributed by atoms with Crippen molar-refractivity contribution in [3.63, 3.8) is 0 Å². The van der Waals surface area contributed by atoms with E-state index in [0.717, 1.165) is 16.1 Å². The molecule has 0 fully saturated rings. The van der Waals surface area contributed by atoms with Crippen molar-refractivity contribution in [2.24, 2.45) is 0 Å². The van der Waals surface area contributed by atoms with Crippen LogP contribution in [0.1, 0.15) is 0 Å². The lowest BCUT2D eigenvalue weighted by Crippen LogP contribution is -1.93. The molecule has 0 spiro atoms. The lowest BCUT2D eigenvalue weighted by atomic mass is 9.84. The Labute approximate surface area is 223 Å². The highest BCUT2D eigenvalue weighted by Gasteiger charge is 2.17. The Morgan fingerprint density at radius 2 is 0.730 bits per heavy atom. The van der Waals surface area contributed by atoms with E-state index in [1.165, 1.54) is 44.5 Å². The van der Waals surface area contributed by atoms with Crippen molar-refractivity contribution in [3.05, 3.63) is 157 Å². The van der Waals surface area contributed by atoms with Gasteiger partial charge in [0.05, 0.1) is 0 Å². The topological polar surface area (TPSA) is 0 Å². The molecule has 0 radical (unpaired) electrons. The molecule has 0 unspecified atom stereocenters. The van der Waals surface area contributed by atoms with Crippen molar-refractivity contribution in [1.82, 2.24) is 0 Å². The molecule has 0 saturated carbocycles. The summed E-state index contributed by atoms with van der Waals surface area (Å²) in [5.74, 6) is 0. The first-order chi connectivity index (χ1) is 18.3. The van der Waals surface area contributed by atoms with Gasteiger partial charge in [0, 0.05) is 5.02 Å². The van der Waals surface area contributed by atoms with Gasteiger partial charge < -0.3 is 0 Å². The van der Waals surface area contributed by atoms with Crippen LogP contribution in [-0.2, 0) is 0 Å². The third-order valence-corrected chi connectivity index (χ3v) is 6.96. The molecule has 0 bridgehead atoms. The van der Waals surface area contributed by atoms with Gasteiger partial charge in [0.25, 0.3) is 0 Å². The van der Waals surface area contributed by atoms with Crippen LogP contribution in [0.2, 0.25) is 5.02 Å². The molecule has 6 aromatic carbocycles. The van der Waals surface area contributed by atoms with Gasteiger partial charge >= 0.3 is 0 Å². The van der Waals surface area contributed by atoms with Crippen LogP contribution < -0.4 is 0 Å². The fraction of sp³-hybridized carbons (Fsp3) is 0. The minimum atomic E-state index is 0.741. The maximum atomic E-state index is 6.34. The SMILES string of the molecule is Clc1cccc(-c2cccc(-c3c(-c4ccccc4)cc(-c4ccccc4)cc3-c3ccccc3)c2)c1. The number of halogens is 1. The van der Waals surface area contributed by atoms with Gasteiger partial charge in [0.15, 0.2) is 0 Å². The van der Waals surface area contributed by atoms with Gasteiger partial charge in [-0.2, -0.15) is 0 Å². The molecule has 0 nitrogen and oxygen atoms in total. The Kier molecular flexibility index (Phi) is 6.42. The van der Waals surface area contributed by atoms with Gasteiger partial charge in [-0.05, 0) is 86.0 Å². The first-order valence-corrected chi connectivity index (χ1v) is 12.8. The fourth-order valence-electron chi connectivity index (χ4n) is 4.96. The highest BCUT2D eigenvalue weighted by molar-refractivity contribution is 6.30. The van der Waals surface area contributed by atoms with Crippen molar-refractivity contribution >= 4 is 11.6 Å². The second-order valence-electron chi connectivity index (χ2n) is 9.14. The molecule has 176 valence electrons. The summed E-state index contributed by atoms with van der Waals surface area (Å²) in [4.78, 5) is 0. The first-order valence-electron chi connectivity index (χ1n) is 12.5. The van der Waals surface area contributed by atoms with Crippen molar-refractivity contribution in [1.29, 1.82) is 0 Å². The van der Waals surface area contributed by atoms with E-state index in [1.54, 1.807) is 0 Å². The molecule has 6 aromatic rings. The largest absolute Gasteiger partial charge is 0.0843 e. The monoisotopic (exact) mass is 492 g/mol. The zero-order valence-corrected chi connectivity index (χ0v) is 21.1. The van der Waals surface area contributed by atoms with Crippen molar-refractivity contribution < 1.29 is 0 Å². The van der Waals surface area contributed by atoms with Crippen LogP contribution >= 0.6 is 11.6 Å². The predicted octanol–water partition coefficient (Wildman–Crippen LogP) is 10.7. The Hall–Kier alpha value is -4.39. The van der Waals surface area contributed by atoms with Crippen molar-refractivity contribution in [2.75, 3.05) is 0 Å².